The van der Waals surface area contributed by atoms with Crippen LogP contribution in [0.15, 0.2) is 36.4 Å². The van der Waals surface area contributed by atoms with Gasteiger partial charge >= 0.3 is 0 Å². The van der Waals surface area contributed by atoms with E-state index in [0.717, 1.165) is 5.39 Å². The van der Waals surface area contributed by atoms with Gasteiger partial charge in [0.15, 0.2) is 0 Å². The topological polar surface area (TPSA) is 88.9 Å². The van der Waals surface area contributed by atoms with Crippen molar-refractivity contribution in [2.45, 2.75) is 37.1 Å². The molecule has 0 spiro atoms. The molecule has 0 aliphatic carbocycles. The zero-order valence-corrected chi connectivity index (χ0v) is 17.8. The van der Waals surface area contributed by atoms with E-state index in [0.29, 0.717) is 36.1 Å². The summed E-state index contributed by atoms with van der Waals surface area (Å²) in [6.07, 6.45) is 0.784. The Balaban J connectivity index is 1.65. The molecule has 5 rings (SSSR count). The average molecular weight is 420 g/mol. The lowest BCUT2D eigenvalue weighted by atomic mass is 9.66. The van der Waals surface area contributed by atoms with E-state index >= 15 is 0 Å². The quantitative estimate of drug-likeness (QED) is 0.691. The second kappa shape index (κ2) is 6.86. The fraction of sp³-hybridized carbons (Fsp3) is 0.458. The van der Waals surface area contributed by atoms with Crippen molar-refractivity contribution < 1.29 is 23.8 Å². The van der Waals surface area contributed by atoms with E-state index in [-0.39, 0.29) is 17.9 Å². The van der Waals surface area contributed by atoms with Gasteiger partial charge in [0, 0.05) is 44.4 Å². The molecule has 2 bridgehead atoms. The van der Waals surface area contributed by atoms with Gasteiger partial charge in [-0.25, -0.2) is 4.90 Å². The maximum absolute atomic E-state index is 13.8. The molecule has 5 unspecified atom stereocenters. The molecular formula is C24H24N2O5. The number of rotatable bonds is 5. The van der Waals surface area contributed by atoms with E-state index in [4.69, 9.17) is 14.2 Å². The number of methoxy groups -OCH3 is 2. The molecule has 3 aliphatic rings. The predicted molar refractivity (Wildman–Crippen MR) is 112 cm³/mol. The summed E-state index contributed by atoms with van der Waals surface area (Å²) in [7, 11) is 3.23. The number of hydrogen-bond acceptors (Lipinski definition) is 6. The number of hydrogen-bond donors (Lipinski definition) is 0. The highest BCUT2D eigenvalue weighted by Crippen LogP contribution is 2.63. The monoisotopic (exact) mass is 420 g/mol. The number of imide groups is 1. The number of fused-ring (bicyclic) bond motifs is 6. The largest absolute Gasteiger partial charge is 0.385 e. The third-order valence-electron chi connectivity index (χ3n) is 7.36. The summed E-state index contributed by atoms with van der Waals surface area (Å²) in [5, 5.41) is 10.9. The van der Waals surface area contributed by atoms with Gasteiger partial charge in [0.1, 0.15) is 5.60 Å². The summed E-state index contributed by atoms with van der Waals surface area (Å²) in [6, 6.07) is 12.9. The van der Waals surface area contributed by atoms with Gasteiger partial charge in [0.2, 0.25) is 11.8 Å². The van der Waals surface area contributed by atoms with Crippen LogP contribution in [0.3, 0.4) is 0 Å². The van der Waals surface area contributed by atoms with Gasteiger partial charge in [-0.3, -0.25) is 9.59 Å². The SMILES string of the molecule is COCCC12CC(OC)C(C)(O1)C1C(=O)N(c3ccc(C#N)c4ccccc34)C(=O)C12. The Morgan fingerprint density at radius 1 is 1.13 bits per heavy atom. The van der Waals surface area contributed by atoms with Crippen LogP contribution in [0.4, 0.5) is 5.69 Å². The highest BCUT2D eigenvalue weighted by atomic mass is 16.6. The molecule has 7 nitrogen and oxygen atoms in total. The minimum atomic E-state index is -0.878. The van der Waals surface area contributed by atoms with Crippen molar-refractivity contribution in [3.63, 3.8) is 0 Å². The molecule has 0 radical (unpaired) electrons. The maximum atomic E-state index is 13.8. The number of nitrogens with zero attached hydrogens (tertiary/aromatic N) is 2. The molecule has 0 N–H and O–H groups in total. The van der Waals surface area contributed by atoms with Crippen molar-refractivity contribution in [1.29, 1.82) is 5.26 Å². The average Bonchev–Trinajstić information content (AvgIpc) is 3.33. The minimum absolute atomic E-state index is 0.251. The highest BCUT2D eigenvalue weighted by Gasteiger charge is 2.77. The number of nitriles is 1. The molecular weight excluding hydrogens is 396 g/mol. The normalized spacial score (nSPS) is 33.9. The first-order valence-electron chi connectivity index (χ1n) is 10.4. The zero-order chi connectivity index (χ0) is 22.0. The molecule has 2 aromatic carbocycles. The Bertz CT molecular complexity index is 1140. The molecule has 160 valence electrons. The van der Waals surface area contributed by atoms with Gasteiger partial charge < -0.3 is 14.2 Å². The number of carbonyl (C=O) groups excluding carboxylic acids is 2. The van der Waals surface area contributed by atoms with Gasteiger partial charge in [0.25, 0.3) is 0 Å². The smallest absolute Gasteiger partial charge is 0.240 e. The molecule has 2 amide bonds. The number of benzene rings is 2. The summed E-state index contributed by atoms with van der Waals surface area (Å²) in [5.74, 6) is -1.72. The Labute approximate surface area is 180 Å². The van der Waals surface area contributed by atoms with E-state index in [1.807, 2.05) is 31.2 Å². The van der Waals surface area contributed by atoms with Crippen LogP contribution in [-0.4, -0.2) is 49.9 Å². The summed E-state index contributed by atoms with van der Waals surface area (Å²) in [4.78, 5) is 28.8. The van der Waals surface area contributed by atoms with Crippen LogP contribution in [0.25, 0.3) is 10.8 Å². The number of amides is 2. The minimum Gasteiger partial charge on any atom is -0.385 e. The summed E-state index contributed by atoms with van der Waals surface area (Å²) < 4.78 is 17.4. The van der Waals surface area contributed by atoms with Crippen molar-refractivity contribution in [2.24, 2.45) is 11.8 Å². The Hall–Kier alpha value is -2.79. The molecule has 3 heterocycles. The van der Waals surface area contributed by atoms with E-state index in [9.17, 15) is 14.9 Å². The second-order valence-electron chi connectivity index (χ2n) is 8.78. The van der Waals surface area contributed by atoms with E-state index < -0.39 is 23.0 Å². The van der Waals surface area contributed by atoms with Gasteiger partial charge in [0.05, 0.1) is 40.9 Å². The van der Waals surface area contributed by atoms with E-state index in [2.05, 4.69) is 6.07 Å². The fourth-order valence-corrected chi connectivity index (χ4v) is 6.01. The van der Waals surface area contributed by atoms with Crippen LogP contribution in [0.1, 0.15) is 25.3 Å². The third-order valence-corrected chi connectivity index (χ3v) is 7.36. The van der Waals surface area contributed by atoms with Crippen LogP contribution >= 0.6 is 0 Å². The summed E-state index contributed by atoms with van der Waals surface area (Å²) in [6.45, 7) is 2.31. The van der Waals surface area contributed by atoms with Crippen molar-refractivity contribution in [3.05, 3.63) is 42.0 Å². The molecule has 2 aromatic rings. The van der Waals surface area contributed by atoms with Crippen LogP contribution in [0.5, 0.6) is 0 Å². The molecule has 5 atom stereocenters. The number of ether oxygens (including phenoxy) is 3. The Morgan fingerprint density at radius 3 is 2.52 bits per heavy atom. The lowest BCUT2D eigenvalue weighted by Crippen LogP contribution is -2.50. The van der Waals surface area contributed by atoms with Crippen LogP contribution in [0, 0.1) is 23.2 Å². The lowest BCUT2D eigenvalue weighted by Gasteiger charge is -2.35. The second-order valence-corrected chi connectivity index (χ2v) is 8.78. The van der Waals surface area contributed by atoms with Crippen molar-refractivity contribution in [3.8, 4) is 6.07 Å². The van der Waals surface area contributed by atoms with E-state index in [1.54, 1.807) is 26.4 Å². The first-order chi connectivity index (χ1) is 14.9. The molecule has 3 aliphatic heterocycles. The van der Waals surface area contributed by atoms with Crippen molar-refractivity contribution >= 4 is 28.3 Å². The summed E-state index contributed by atoms with van der Waals surface area (Å²) >= 11 is 0. The molecule has 7 heteroatoms. The number of carbonyl (C=O) groups is 2. The predicted octanol–water partition coefficient (Wildman–Crippen LogP) is 2.80. The molecule has 0 saturated carbocycles. The molecule has 0 aromatic heterocycles. The highest BCUT2D eigenvalue weighted by molar-refractivity contribution is 6.26. The van der Waals surface area contributed by atoms with Gasteiger partial charge in [-0.15, -0.1) is 0 Å². The maximum Gasteiger partial charge on any atom is 0.240 e. The summed E-state index contributed by atoms with van der Waals surface area (Å²) in [5.41, 5.74) is -0.653. The van der Waals surface area contributed by atoms with Crippen molar-refractivity contribution in [2.75, 3.05) is 25.7 Å². The third kappa shape index (κ3) is 2.50. The first kappa shape index (κ1) is 20.1. The van der Waals surface area contributed by atoms with Crippen LogP contribution in [0.2, 0.25) is 0 Å². The Morgan fingerprint density at radius 2 is 1.84 bits per heavy atom. The lowest BCUT2D eigenvalue weighted by molar-refractivity contribution is -0.135. The van der Waals surface area contributed by atoms with Crippen LogP contribution < -0.4 is 4.90 Å². The van der Waals surface area contributed by atoms with E-state index in [1.165, 1.54) is 4.90 Å². The molecule has 3 fully saturated rings. The first-order valence-corrected chi connectivity index (χ1v) is 10.4. The zero-order valence-electron chi connectivity index (χ0n) is 17.8. The molecule has 31 heavy (non-hydrogen) atoms. The van der Waals surface area contributed by atoms with Gasteiger partial charge in [-0.1, -0.05) is 24.3 Å². The molecule has 3 saturated heterocycles. The van der Waals surface area contributed by atoms with Crippen LogP contribution in [-0.2, 0) is 23.8 Å². The van der Waals surface area contributed by atoms with Gasteiger partial charge in [-0.2, -0.15) is 5.26 Å². The van der Waals surface area contributed by atoms with Gasteiger partial charge in [-0.05, 0) is 19.1 Å². The number of anilines is 1. The fourth-order valence-electron chi connectivity index (χ4n) is 6.01. The standard InChI is InChI=1S/C24H24N2O5/c1-23-18(30-3)12-24(31-23,10-11-29-2)20-19(23)21(27)26(22(20)28)17-9-8-14(13-25)15-6-4-5-7-16(15)17/h4-9,18-20H,10-12H2,1-3H3. The van der Waals surface area contributed by atoms with Crippen molar-refractivity contribution in [1.82, 2.24) is 0 Å². The Kier molecular flexibility index (Phi) is 4.45.